The van der Waals surface area contributed by atoms with E-state index in [-0.39, 0.29) is 80.1 Å². The number of rotatable bonds is 22. The van der Waals surface area contributed by atoms with E-state index < -0.39 is 121 Å². The number of ketones is 4. The molecule has 9 N–H and O–H groups in total. The molecule has 1 atom stereocenters. The molecule has 9 aromatic rings. The van der Waals surface area contributed by atoms with E-state index in [1.165, 1.54) is 18.0 Å². The lowest BCUT2D eigenvalue weighted by atomic mass is 9.69. The Kier molecular flexibility index (Phi) is 26.6. The molecule has 0 bridgehead atoms. The van der Waals surface area contributed by atoms with Crippen molar-refractivity contribution in [1.82, 2.24) is 59.8 Å². The van der Waals surface area contributed by atoms with E-state index >= 15 is 0 Å². The van der Waals surface area contributed by atoms with Crippen LogP contribution in [0, 0.1) is 72.4 Å². The van der Waals surface area contributed by atoms with Crippen molar-refractivity contribution in [3.05, 3.63) is 218 Å². The van der Waals surface area contributed by atoms with Crippen LogP contribution in [0.2, 0.25) is 15.1 Å². The summed E-state index contributed by atoms with van der Waals surface area (Å²) in [5.41, 5.74) is 7.22. The molecule has 4 aromatic carbocycles. The molecule has 9 aliphatic rings. The lowest BCUT2D eigenvalue weighted by Gasteiger charge is -2.58. The lowest BCUT2D eigenvalue weighted by Crippen LogP contribution is -2.76. The van der Waals surface area contributed by atoms with Gasteiger partial charge in [-0.25, -0.2) is 26.0 Å². The number of ether oxygens (including phenoxy) is 1. The second-order valence-electron chi connectivity index (χ2n) is 37.3. The summed E-state index contributed by atoms with van der Waals surface area (Å²) in [6.45, 7) is 24.0. The van der Waals surface area contributed by atoms with Gasteiger partial charge in [0, 0.05) is 124 Å². The molecule has 3 saturated heterocycles. The highest BCUT2D eigenvalue weighted by molar-refractivity contribution is 7.93. The van der Waals surface area contributed by atoms with Crippen LogP contribution in [0.15, 0.2) is 72.9 Å². The Morgan fingerprint density at radius 1 is 0.511 bits per heavy atom. The van der Waals surface area contributed by atoms with Crippen LogP contribution in [0.5, 0.6) is 0 Å². The Hall–Kier alpha value is -12.5. The summed E-state index contributed by atoms with van der Waals surface area (Å²) in [5.74, 6) is -13.9. The molecule has 18 rings (SSSR count). The molecule has 0 radical (unpaired) electrons. The molecule has 9 amide bonds. The number of nitrogens with zero attached hydrogens (tertiary/aromatic N) is 7. The van der Waals surface area contributed by atoms with Crippen LogP contribution in [-0.2, 0) is 89.4 Å². The minimum absolute atomic E-state index is 0.0348. The van der Waals surface area contributed by atoms with Crippen molar-refractivity contribution in [1.29, 1.82) is 0 Å². The first-order chi connectivity index (χ1) is 63.6. The largest absolute Gasteiger partial charge is 0.380 e. The third-order valence-corrected chi connectivity index (χ3v) is 29.8. The Balaban J connectivity index is 0.000000138. The molecule has 32 nitrogen and oxygen atoms in total. The van der Waals surface area contributed by atoms with Gasteiger partial charge in [-0.1, -0.05) is 53.0 Å². The van der Waals surface area contributed by atoms with Crippen molar-refractivity contribution in [2.75, 3.05) is 59.1 Å². The van der Waals surface area contributed by atoms with Gasteiger partial charge in [-0.15, -0.1) is 0 Å². The molecular formula is C95H101Cl3F4N16O16S. The summed E-state index contributed by atoms with van der Waals surface area (Å²) in [7, 11) is -3.18. The van der Waals surface area contributed by atoms with Gasteiger partial charge < -0.3 is 70.4 Å². The maximum Gasteiger partial charge on any atom is 0.293 e. The van der Waals surface area contributed by atoms with Crippen LogP contribution < -0.4 is 42.5 Å². The van der Waals surface area contributed by atoms with Crippen molar-refractivity contribution in [3.63, 3.8) is 0 Å². The van der Waals surface area contributed by atoms with Crippen molar-refractivity contribution < 1.29 is 93.0 Å². The number of nitrogens with one attached hydrogen (secondary N) is 9. The molecule has 40 heteroatoms. The fourth-order valence-electron chi connectivity index (χ4n) is 19.6. The van der Waals surface area contributed by atoms with Gasteiger partial charge in [0.15, 0.2) is 9.84 Å². The average Bonchev–Trinajstić information content (AvgIpc) is 1.71. The van der Waals surface area contributed by atoms with Crippen LogP contribution in [0.3, 0.4) is 0 Å². The highest BCUT2D eigenvalue weighted by atomic mass is 35.5. The molecule has 135 heavy (non-hydrogen) atoms. The fourth-order valence-corrected chi connectivity index (χ4v) is 22.1. The summed E-state index contributed by atoms with van der Waals surface area (Å²) < 4.78 is 91.3. The number of hydrogen-bond donors (Lipinski definition) is 9. The molecule has 2 aliphatic carbocycles. The Morgan fingerprint density at radius 3 is 1.28 bits per heavy atom. The normalized spacial score (nSPS) is 17.7. The zero-order valence-electron chi connectivity index (χ0n) is 76.1. The van der Waals surface area contributed by atoms with Crippen molar-refractivity contribution >= 4 is 144 Å². The zero-order chi connectivity index (χ0) is 97.7. The van der Waals surface area contributed by atoms with Gasteiger partial charge in [-0.05, 0) is 235 Å². The van der Waals surface area contributed by atoms with Gasteiger partial charge in [0.25, 0.3) is 76.3 Å². The second-order valence-corrected chi connectivity index (χ2v) is 40.5. The van der Waals surface area contributed by atoms with Gasteiger partial charge in [0.2, 0.25) is 5.91 Å². The predicted octanol–water partition coefficient (Wildman–Crippen LogP) is 12.6. The number of alkyl halides is 2. The Labute approximate surface area is 788 Å². The van der Waals surface area contributed by atoms with Gasteiger partial charge >= 0.3 is 0 Å². The van der Waals surface area contributed by atoms with E-state index in [2.05, 4.69) is 57.9 Å². The van der Waals surface area contributed by atoms with Gasteiger partial charge in [-0.3, -0.25) is 62.3 Å². The van der Waals surface area contributed by atoms with Crippen LogP contribution in [0.25, 0.3) is 0 Å². The highest BCUT2D eigenvalue weighted by Gasteiger charge is 2.66. The highest BCUT2D eigenvalue weighted by Crippen LogP contribution is 2.50. The monoisotopic (exact) mass is 1930 g/mol. The first kappa shape index (κ1) is 97.1. The molecule has 0 unspecified atom stereocenters. The summed E-state index contributed by atoms with van der Waals surface area (Å²) in [6, 6.07) is 17.6. The second kappa shape index (κ2) is 37.0. The molecular weight excluding hydrogens is 1840 g/mol. The molecule has 712 valence electrons. The smallest absolute Gasteiger partial charge is 0.293 e. The number of aryl methyl sites for hydroxylation is 3. The van der Waals surface area contributed by atoms with Gasteiger partial charge in [0.1, 0.15) is 45.6 Å². The number of H-pyrrole nitrogens is 1. The summed E-state index contributed by atoms with van der Waals surface area (Å²) in [4.78, 5) is 171. The van der Waals surface area contributed by atoms with Crippen molar-refractivity contribution in [3.8, 4) is 0 Å². The average molecular weight is 1940 g/mol. The minimum atomic E-state index is -3.18. The quantitative estimate of drug-likeness (QED) is 0.0173. The topological polar surface area (TPSA) is 426 Å². The number of Topliss-reactive ketones (excluding diaryl/α,β-unsaturated/α-hetero) is 4. The van der Waals surface area contributed by atoms with Gasteiger partial charge in [0.05, 0.1) is 69.7 Å². The van der Waals surface area contributed by atoms with E-state index in [4.69, 9.17) is 39.5 Å². The Morgan fingerprint density at radius 2 is 0.904 bits per heavy atom. The number of aromatic nitrogens is 7. The number of anilines is 4. The van der Waals surface area contributed by atoms with Crippen LogP contribution in [0.4, 0.5) is 40.3 Å². The first-order valence-corrected chi connectivity index (χ1v) is 47.2. The maximum atomic E-state index is 14.1. The molecule has 12 heterocycles. The van der Waals surface area contributed by atoms with E-state index in [1.54, 1.807) is 111 Å². The number of sulfone groups is 1. The number of aromatic amines is 1. The molecule has 1 spiro atoms. The van der Waals surface area contributed by atoms with E-state index in [0.717, 1.165) is 47.4 Å². The predicted molar refractivity (Wildman–Crippen MR) is 492 cm³/mol. The summed E-state index contributed by atoms with van der Waals surface area (Å²) in [5, 5.41) is 33.3. The van der Waals surface area contributed by atoms with Crippen LogP contribution in [-0.4, -0.2) is 184 Å². The summed E-state index contributed by atoms with van der Waals surface area (Å²) >= 11 is 18.5. The number of carbonyl (C=O) groups is 13. The number of likely N-dealkylation sites (tertiary alicyclic amines) is 1. The number of benzene rings is 4. The van der Waals surface area contributed by atoms with Crippen molar-refractivity contribution in [2.45, 2.75) is 214 Å². The fraction of sp³-hybridized carbons (Fsp3) is 0.421. The molecule has 2 saturated carbocycles. The first-order valence-electron chi connectivity index (χ1n) is 44.2. The number of halogens is 7. The molecule has 5 fully saturated rings. The third kappa shape index (κ3) is 19.0. The number of fused-ring (bicyclic) bond motifs is 4. The van der Waals surface area contributed by atoms with Gasteiger partial charge in [-0.2, -0.15) is 15.4 Å². The molecule has 5 aromatic heterocycles. The molecule has 7 aliphatic heterocycles. The van der Waals surface area contributed by atoms with Crippen molar-refractivity contribution in [2.24, 2.45) is 5.41 Å². The van der Waals surface area contributed by atoms with E-state index in [1.807, 2.05) is 38.3 Å². The number of carbonyl (C=O) groups excluding carboxylic acids is 13. The van der Waals surface area contributed by atoms with Crippen LogP contribution >= 0.6 is 34.8 Å². The zero-order valence-corrected chi connectivity index (χ0v) is 79.2. The minimum Gasteiger partial charge on any atom is -0.380 e. The van der Waals surface area contributed by atoms with Crippen LogP contribution in [0.1, 0.15) is 241 Å². The third-order valence-electron chi connectivity index (χ3n) is 26.4. The number of amides is 9. The Bertz CT molecular complexity index is 6630. The van der Waals surface area contributed by atoms with E-state index in [0.29, 0.717) is 191 Å². The summed E-state index contributed by atoms with van der Waals surface area (Å²) in [6.07, 6.45) is 6.24. The van der Waals surface area contributed by atoms with E-state index in [9.17, 15) is 88.3 Å². The maximum absolute atomic E-state index is 14.1. The SMILES string of the molecule is Cc1c(F)cc(NC(=O)c2c(C)c(C(=O)C(=O)NC3(c4cn[nH]n4)CC3)c3n2CCC3)cc1F.Cc1ccc(NC(=O)c2c(C)c(C(=O)C(=O)NC(C)C)c3n2[C@@H](C)CC3)cc1Cl.Cc1ccc(NC(=O)c2c(C)c(C(=O)C(=O)NC3(C(=O)N4CC5(COC5)C4)CC(F)(F)C3)c3n2CCC3)cc1Cl.Cc1ccc(NC(=O)c2c(C)c(C(=O)C(=O)NC3(C)CS(=O)(=O)C3)c3n2CCC3)cc1Cl. The lowest BCUT2D eigenvalue weighted by molar-refractivity contribution is -0.211. The standard InChI is InChI=1S/C28H29ClF2N4O5.C23H22F2N6O3.C22H24ClN3O5S.C22H26ClN3O3/c1-15-5-6-17(8-18(15)29)32-23(37)21-16(2)20(19-4-3-7-35(19)21)22(36)24(38)33-27(9-28(30,31)10-27)25(39)34-11-26(12-34)13-40-14-26;1-11-14(24)8-13(9-15(11)25)27-21(33)19-12(2)18(16-4-3-7-31(16)19)20(32)22(34)28-23(5-6-23)17-10-26-30-29-17;1-12-6-7-14(9-15(12)23)24-20(28)18-13(2)17(16-5-4-8-26(16)18)19(27)21(29)25-22(3)10-32(30,31)11-22;1-11(2)24-22(29)20(27)18-14(5)19(26-13(4)7-9-17(18)26)21(28)25-15-8-6-12(3)16(23)10-15/h5-6,8H,3-4,7,9-14H2,1-2H3,(H,32,37)(H,33,38);8-10H,3-7H2,1-2H3,(H,27,33)(H,28,34)(H,26,29,30);6-7,9H,4-5,8,10-11H2,1-3H3,(H,24,28)(H,25,29);6,8,10-11,13H,7,9H2,1-5H3,(H,24,29)(H,25,28)/t;;;13-/m...0/s1. The number of hydrogen-bond acceptors (Lipinski definition) is 18.